The quantitative estimate of drug-likeness (QED) is 0.352. The number of hydrogen-bond donors (Lipinski definition) is 0. The van der Waals surface area contributed by atoms with Gasteiger partial charge in [-0.3, -0.25) is 0 Å². The molecule has 0 aromatic rings. The first-order chi connectivity index (χ1) is 9.38. The lowest BCUT2D eigenvalue weighted by atomic mass is 10.5. The molecule has 0 aromatic heterocycles. The van der Waals surface area contributed by atoms with Crippen molar-refractivity contribution in [1.82, 2.24) is 0 Å². The highest BCUT2D eigenvalue weighted by Crippen LogP contribution is 2.31. The maximum atomic E-state index is 6.54. The largest absolute Gasteiger partial charge is 0.545 e. The summed E-state index contributed by atoms with van der Waals surface area (Å²) in [5, 5.41) is 0. The van der Waals surface area contributed by atoms with E-state index in [9.17, 15) is 0 Å². The third-order valence-electron chi connectivity index (χ3n) is 2.55. The second kappa shape index (κ2) is 7.40. The van der Waals surface area contributed by atoms with Crippen molar-refractivity contribution in [2.75, 3.05) is 0 Å². The van der Waals surface area contributed by atoms with Crippen molar-refractivity contribution in [3.8, 4) is 0 Å². The molecule has 0 spiro atoms. The molecule has 0 aliphatic carbocycles. The van der Waals surface area contributed by atoms with Crippen molar-refractivity contribution in [3.05, 3.63) is 11.5 Å². The van der Waals surface area contributed by atoms with Gasteiger partial charge in [0.05, 0.1) is 16.1 Å². The van der Waals surface area contributed by atoms with Crippen LogP contribution in [0.2, 0.25) is 90.7 Å². The summed E-state index contributed by atoms with van der Waals surface area (Å²) in [6, 6.07) is 2.20. The summed E-state index contributed by atoms with van der Waals surface area (Å²) in [7, 11) is -5.72. The van der Waals surface area contributed by atoms with Gasteiger partial charge >= 0.3 is 0 Å². The lowest BCUT2D eigenvalue weighted by Gasteiger charge is -2.33. The summed E-state index contributed by atoms with van der Waals surface area (Å²) < 4.78 is 13.1. The molecule has 2 nitrogen and oxygen atoms in total. The molecule has 22 heavy (non-hydrogen) atoms. The minimum atomic E-state index is -1.62. The normalized spacial score (nSPS) is 15.5. The topological polar surface area (TPSA) is 18.5 Å². The van der Waals surface area contributed by atoms with Gasteiger partial charge in [-0.25, -0.2) is 0 Å². The molecular formula is C16H40O2Si4. The van der Waals surface area contributed by atoms with Crippen LogP contribution in [-0.4, -0.2) is 32.8 Å². The van der Waals surface area contributed by atoms with Crippen molar-refractivity contribution in [3.63, 3.8) is 0 Å². The first-order valence-corrected chi connectivity index (χ1v) is 22.7. The van der Waals surface area contributed by atoms with Crippen molar-refractivity contribution < 1.29 is 8.85 Å². The lowest BCUT2D eigenvalue weighted by Crippen LogP contribution is -2.34. The molecule has 0 amide bonds. The second-order valence-corrected chi connectivity index (χ2v) is 30.6. The van der Waals surface area contributed by atoms with Crippen molar-refractivity contribution in [1.29, 1.82) is 0 Å². The van der Waals surface area contributed by atoms with E-state index in [1.165, 1.54) is 11.5 Å². The zero-order chi connectivity index (χ0) is 18.0. The Bertz CT molecular complexity index is 316. The Morgan fingerprint density at radius 3 is 0.864 bits per heavy atom. The Morgan fingerprint density at radius 1 is 0.500 bits per heavy atom. The maximum Gasteiger partial charge on any atom is 0.241 e. The number of allylic oxidation sites excluding steroid dienone is 2. The van der Waals surface area contributed by atoms with E-state index < -0.39 is 32.8 Å². The first kappa shape index (κ1) is 22.2. The fourth-order valence-electron chi connectivity index (χ4n) is 2.09. The summed E-state index contributed by atoms with van der Waals surface area (Å²) in [6.45, 7) is 28.2. The average molecular weight is 377 g/mol. The van der Waals surface area contributed by atoms with E-state index >= 15 is 0 Å². The highest BCUT2D eigenvalue weighted by Gasteiger charge is 2.30. The third kappa shape index (κ3) is 12.7. The summed E-state index contributed by atoms with van der Waals surface area (Å²) in [4.78, 5) is 0. The van der Waals surface area contributed by atoms with Crippen LogP contribution in [0.5, 0.6) is 0 Å². The fraction of sp³-hybridized carbons (Fsp3) is 0.875. The summed E-state index contributed by atoms with van der Waals surface area (Å²) in [5.74, 6) is 2.39. The van der Waals surface area contributed by atoms with Gasteiger partial charge in [-0.05, 0) is 39.3 Å². The van der Waals surface area contributed by atoms with E-state index in [-0.39, 0.29) is 0 Å². The van der Waals surface area contributed by atoms with Gasteiger partial charge < -0.3 is 8.85 Å². The highest BCUT2D eigenvalue weighted by atomic mass is 28.4. The van der Waals surface area contributed by atoms with Crippen LogP contribution >= 0.6 is 0 Å². The molecule has 0 unspecified atom stereocenters. The lowest BCUT2D eigenvalue weighted by molar-refractivity contribution is 0.342. The van der Waals surface area contributed by atoms with E-state index in [0.29, 0.717) is 0 Å². The summed E-state index contributed by atoms with van der Waals surface area (Å²) in [6.07, 6.45) is 0. The number of hydrogen-bond acceptors (Lipinski definition) is 2. The smallest absolute Gasteiger partial charge is 0.241 e. The van der Waals surface area contributed by atoms with Gasteiger partial charge in [0.2, 0.25) is 16.6 Å². The van der Waals surface area contributed by atoms with Crippen molar-refractivity contribution >= 4 is 32.8 Å². The Balaban J connectivity index is 5.81. The van der Waals surface area contributed by atoms with Crippen LogP contribution in [0.25, 0.3) is 0 Å². The van der Waals surface area contributed by atoms with E-state index in [0.717, 1.165) is 12.1 Å². The Labute approximate surface area is 144 Å². The molecule has 0 rings (SSSR count). The zero-order valence-electron chi connectivity index (χ0n) is 17.2. The Morgan fingerprint density at radius 2 is 0.727 bits per heavy atom. The molecule has 0 radical (unpaired) electrons. The van der Waals surface area contributed by atoms with Gasteiger partial charge in [-0.1, -0.05) is 39.3 Å². The summed E-state index contributed by atoms with van der Waals surface area (Å²) >= 11 is 0. The van der Waals surface area contributed by atoms with Crippen LogP contribution in [0, 0.1) is 0 Å². The predicted molar refractivity (Wildman–Crippen MR) is 112 cm³/mol. The zero-order valence-corrected chi connectivity index (χ0v) is 21.2. The number of rotatable bonds is 8. The predicted octanol–water partition coefficient (Wildman–Crippen LogP) is 6.58. The summed E-state index contributed by atoms with van der Waals surface area (Å²) in [5.41, 5.74) is 0. The van der Waals surface area contributed by atoms with Gasteiger partial charge in [0.1, 0.15) is 11.5 Å². The van der Waals surface area contributed by atoms with Crippen molar-refractivity contribution in [2.45, 2.75) is 90.7 Å². The van der Waals surface area contributed by atoms with Gasteiger partial charge in [-0.2, -0.15) is 0 Å². The molecule has 0 heterocycles. The van der Waals surface area contributed by atoms with E-state index in [1.807, 2.05) is 0 Å². The molecule has 0 saturated heterocycles. The minimum Gasteiger partial charge on any atom is -0.545 e. The standard InChI is InChI=1S/C16H40O2Si4/c1-19(2,3)13-15(17-21(7,8)9)16(14-20(4,5)6)18-22(10,11)12/h13-14H2,1-12H3. The van der Waals surface area contributed by atoms with Crippen LogP contribution in [0.15, 0.2) is 11.5 Å². The minimum absolute atomic E-state index is 1.10. The molecular weight excluding hydrogens is 337 g/mol. The molecule has 0 aliphatic rings. The van der Waals surface area contributed by atoms with Crippen molar-refractivity contribution in [2.24, 2.45) is 0 Å². The average Bonchev–Trinajstić information content (AvgIpc) is 2.05. The SMILES string of the molecule is C[Si](C)(C)CC(O[Si](C)(C)C)=C(C[Si](C)(C)C)O[Si](C)(C)C. The van der Waals surface area contributed by atoms with E-state index in [4.69, 9.17) is 8.85 Å². The molecule has 0 aromatic carbocycles. The molecule has 0 N–H and O–H groups in total. The van der Waals surface area contributed by atoms with Gasteiger partial charge in [-0.15, -0.1) is 0 Å². The molecule has 0 bridgehead atoms. The van der Waals surface area contributed by atoms with Gasteiger partial charge in [0.15, 0.2) is 0 Å². The van der Waals surface area contributed by atoms with E-state index in [1.54, 1.807) is 0 Å². The second-order valence-electron chi connectivity index (χ2n) is 10.8. The first-order valence-electron chi connectivity index (χ1n) is 8.48. The van der Waals surface area contributed by atoms with E-state index in [2.05, 4.69) is 78.6 Å². The highest BCUT2D eigenvalue weighted by molar-refractivity contribution is 6.78. The third-order valence-corrected chi connectivity index (χ3v) is 7.03. The molecule has 132 valence electrons. The monoisotopic (exact) mass is 376 g/mol. The Kier molecular flexibility index (Phi) is 7.47. The van der Waals surface area contributed by atoms with Crippen LogP contribution in [0.3, 0.4) is 0 Å². The maximum absolute atomic E-state index is 6.54. The van der Waals surface area contributed by atoms with Crippen LogP contribution in [0.1, 0.15) is 0 Å². The molecule has 0 fully saturated rings. The molecule has 0 aliphatic heterocycles. The molecule has 0 saturated carbocycles. The fourth-order valence-corrected chi connectivity index (χ4v) is 6.69. The molecule has 6 heteroatoms. The van der Waals surface area contributed by atoms with Gasteiger partial charge in [0, 0.05) is 12.1 Å². The Hall–Kier alpha value is 0.208. The van der Waals surface area contributed by atoms with Gasteiger partial charge in [0.25, 0.3) is 0 Å². The van der Waals surface area contributed by atoms with Crippen LogP contribution < -0.4 is 0 Å². The van der Waals surface area contributed by atoms with Crippen LogP contribution in [-0.2, 0) is 8.85 Å². The molecule has 0 atom stereocenters. The van der Waals surface area contributed by atoms with Crippen LogP contribution in [0.4, 0.5) is 0 Å².